The van der Waals surface area contributed by atoms with Crippen LogP contribution in [0.3, 0.4) is 0 Å². The minimum atomic E-state index is -0.448. The van der Waals surface area contributed by atoms with Gasteiger partial charge in [-0.25, -0.2) is 14.6 Å². The van der Waals surface area contributed by atoms with Crippen LogP contribution in [0.2, 0.25) is 0 Å². The fourth-order valence-electron chi connectivity index (χ4n) is 3.59. The van der Waals surface area contributed by atoms with Crippen LogP contribution in [-0.4, -0.2) is 22.1 Å². The van der Waals surface area contributed by atoms with Crippen molar-refractivity contribution >= 4 is 28.0 Å². The van der Waals surface area contributed by atoms with Crippen LogP contribution in [0.25, 0.3) is 33.5 Å². The molecule has 0 spiro atoms. The fraction of sp³-hybridized carbons (Fsp3) is 0.125. The summed E-state index contributed by atoms with van der Waals surface area (Å²) < 4.78 is 17.7. The molecule has 0 aliphatic rings. The molecule has 154 valence electrons. The molecule has 0 unspecified atom stereocenters. The zero-order chi connectivity index (χ0) is 21.2. The largest absolute Gasteiger partial charge is 0.463 e. The molecule has 0 bridgehead atoms. The summed E-state index contributed by atoms with van der Waals surface area (Å²) in [5.41, 5.74) is 2.93. The minimum absolute atomic E-state index is 0.164. The minimum Gasteiger partial charge on any atom is -0.463 e. The maximum Gasteiger partial charge on any atom is 0.419 e. The van der Waals surface area contributed by atoms with Gasteiger partial charge in [-0.15, -0.1) is 0 Å². The zero-order valence-corrected chi connectivity index (χ0v) is 16.5. The van der Waals surface area contributed by atoms with E-state index in [-0.39, 0.29) is 6.61 Å². The predicted octanol–water partition coefficient (Wildman–Crippen LogP) is 4.65. The number of furan rings is 1. The van der Waals surface area contributed by atoms with Crippen LogP contribution >= 0.6 is 0 Å². The maximum absolute atomic E-state index is 12.9. The first-order valence-corrected chi connectivity index (χ1v) is 9.90. The predicted molar refractivity (Wildman–Crippen MR) is 115 cm³/mol. The summed E-state index contributed by atoms with van der Waals surface area (Å²) in [5, 5.41) is 0.708. The van der Waals surface area contributed by atoms with E-state index in [1.807, 2.05) is 42.5 Å². The Morgan fingerprint density at radius 2 is 1.87 bits per heavy atom. The van der Waals surface area contributed by atoms with Crippen molar-refractivity contribution in [3.8, 4) is 11.5 Å². The first-order valence-electron chi connectivity index (χ1n) is 9.90. The second-order valence-corrected chi connectivity index (χ2v) is 7.03. The number of ether oxygens (including phenoxy) is 1. The van der Waals surface area contributed by atoms with Gasteiger partial charge in [-0.05, 0) is 42.8 Å². The fourth-order valence-corrected chi connectivity index (χ4v) is 3.59. The van der Waals surface area contributed by atoms with Crippen molar-refractivity contribution in [1.29, 1.82) is 0 Å². The number of fused-ring (bicyclic) bond motifs is 2. The molecule has 5 aromatic rings. The average molecular weight is 414 g/mol. The smallest absolute Gasteiger partial charge is 0.419 e. The van der Waals surface area contributed by atoms with Crippen LogP contribution in [0.1, 0.15) is 16.8 Å². The monoisotopic (exact) mass is 414 g/mol. The van der Waals surface area contributed by atoms with E-state index in [2.05, 4.69) is 4.98 Å². The lowest BCUT2D eigenvalue weighted by atomic mass is 10.1. The second kappa shape index (κ2) is 7.95. The molecule has 3 aromatic heterocycles. The summed E-state index contributed by atoms with van der Waals surface area (Å²) in [6.45, 7) is 0.551. The van der Waals surface area contributed by atoms with Crippen LogP contribution in [0, 0.1) is 0 Å². The van der Waals surface area contributed by atoms with Gasteiger partial charge in [-0.2, -0.15) is 0 Å². The van der Waals surface area contributed by atoms with Crippen LogP contribution in [0.15, 0.2) is 86.6 Å². The Bertz CT molecular complexity index is 1430. The highest BCUT2D eigenvalue weighted by molar-refractivity contribution is 6.04. The highest BCUT2D eigenvalue weighted by Crippen LogP contribution is 2.25. The SMILES string of the molecule is O=C(OCCCn1c(=O)oc2ccccc21)c1cc(-c2ccco2)nc2ccccc12. The number of nitrogens with zero attached hydrogens (tertiary/aromatic N) is 2. The van der Waals surface area contributed by atoms with E-state index in [1.165, 1.54) is 0 Å². The van der Waals surface area contributed by atoms with E-state index in [1.54, 1.807) is 35.1 Å². The second-order valence-electron chi connectivity index (χ2n) is 7.03. The van der Waals surface area contributed by atoms with E-state index in [0.29, 0.717) is 46.5 Å². The molecule has 0 amide bonds. The Labute approximate surface area is 176 Å². The highest BCUT2D eigenvalue weighted by atomic mass is 16.5. The van der Waals surface area contributed by atoms with E-state index in [4.69, 9.17) is 13.6 Å². The summed E-state index contributed by atoms with van der Waals surface area (Å²) >= 11 is 0. The molecule has 0 saturated carbocycles. The molecular formula is C24H18N2O5. The molecule has 0 saturated heterocycles. The van der Waals surface area contributed by atoms with Crippen molar-refractivity contribution in [1.82, 2.24) is 9.55 Å². The summed E-state index contributed by atoms with van der Waals surface area (Å²) in [6.07, 6.45) is 2.04. The van der Waals surface area contributed by atoms with Crippen molar-refractivity contribution in [2.24, 2.45) is 0 Å². The van der Waals surface area contributed by atoms with Gasteiger partial charge in [0.2, 0.25) is 0 Å². The first-order chi connectivity index (χ1) is 15.2. The van der Waals surface area contributed by atoms with Crippen LogP contribution in [0.4, 0.5) is 0 Å². The normalized spacial score (nSPS) is 11.2. The number of hydrogen-bond acceptors (Lipinski definition) is 6. The number of benzene rings is 2. The number of hydrogen-bond donors (Lipinski definition) is 0. The summed E-state index contributed by atoms with van der Waals surface area (Å²) in [7, 11) is 0. The van der Waals surface area contributed by atoms with Crippen molar-refractivity contribution in [3.05, 3.63) is 89.1 Å². The lowest BCUT2D eigenvalue weighted by Crippen LogP contribution is -2.16. The Morgan fingerprint density at radius 1 is 1.03 bits per heavy atom. The maximum atomic E-state index is 12.9. The number of pyridine rings is 1. The first kappa shape index (κ1) is 18.9. The zero-order valence-electron chi connectivity index (χ0n) is 16.5. The molecule has 0 aliphatic heterocycles. The van der Waals surface area contributed by atoms with Crippen molar-refractivity contribution in [2.45, 2.75) is 13.0 Å². The van der Waals surface area contributed by atoms with Gasteiger partial charge in [0.05, 0.1) is 29.5 Å². The molecular weight excluding hydrogens is 396 g/mol. The number of carbonyl (C=O) groups is 1. The van der Waals surface area contributed by atoms with E-state index in [9.17, 15) is 9.59 Å². The Hall–Kier alpha value is -4.13. The van der Waals surface area contributed by atoms with Gasteiger partial charge in [0.25, 0.3) is 0 Å². The number of rotatable bonds is 6. The molecule has 7 nitrogen and oxygen atoms in total. The Morgan fingerprint density at radius 3 is 2.74 bits per heavy atom. The van der Waals surface area contributed by atoms with E-state index in [0.717, 1.165) is 5.52 Å². The third-order valence-electron chi connectivity index (χ3n) is 5.04. The van der Waals surface area contributed by atoms with Gasteiger partial charge < -0.3 is 13.6 Å². The van der Waals surface area contributed by atoms with Crippen LogP contribution in [-0.2, 0) is 11.3 Å². The molecule has 0 aliphatic carbocycles. The molecule has 7 heteroatoms. The third-order valence-corrected chi connectivity index (χ3v) is 5.04. The number of oxazole rings is 1. The van der Waals surface area contributed by atoms with E-state index < -0.39 is 11.7 Å². The van der Waals surface area contributed by atoms with Gasteiger partial charge in [-0.1, -0.05) is 30.3 Å². The van der Waals surface area contributed by atoms with Gasteiger partial charge in [0.1, 0.15) is 5.69 Å². The van der Waals surface area contributed by atoms with Crippen molar-refractivity contribution < 1.29 is 18.4 Å². The van der Waals surface area contributed by atoms with Gasteiger partial charge in [0, 0.05) is 11.9 Å². The number of esters is 1. The van der Waals surface area contributed by atoms with Gasteiger partial charge >= 0.3 is 11.7 Å². The summed E-state index contributed by atoms with van der Waals surface area (Å²) in [4.78, 5) is 29.5. The van der Waals surface area contributed by atoms with Gasteiger partial charge in [0.15, 0.2) is 11.3 Å². The average Bonchev–Trinajstić information content (AvgIpc) is 3.44. The topological polar surface area (TPSA) is 87.5 Å². The lowest BCUT2D eigenvalue weighted by Gasteiger charge is -2.09. The van der Waals surface area contributed by atoms with E-state index >= 15 is 0 Å². The number of carbonyl (C=O) groups excluding carboxylic acids is 1. The van der Waals surface area contributed by atoms with Crippen molar-refractivity contribution in [2.75, 3.05) is 6.61 Å². The number of aromatic nitrogens is 2. The standard InChI is InChI=1S/C24H18N2O5/c27-23(30-14-6-12-26-20-9-3-4-10-22(20)31-24(26)28)17-15-19(21-11-5-13-29-21)25-18-8-2-1-7-16(17)18/h1-5,7-11,13,15H,6,12,14H2. The summed E-state index contributed by atoms with van der Waals surface area (Å²) in [5.74, 6) is -0.294. The van der Waals surface area contributed by atoms with Crippen LogP contribution in [0.5, 0.6) is 0 Å². The molecule has 5 rings (SSSR count). The molecule has 31 heavy (non-hydrogen) atoms. The molecule has 0 atom stereocenters. The van der Waals surface area contributed by atoms with Crippen molar-refractivity contribution in [3.63, 3.8) is 0 Å². The number of aryl methyl sites for hydroxylation is 1. The lowest BCUT2D eigenvalue weighted by molar-refractivity contribution is 0.0498. The Kier molecular flexibility index (Phi) is 4.84. The Balaban J connectivity index is 1.33. The molecule has 0 fully saturated rings. The molecule has 0 radical (unpaired) electrons. The third kappa shape index (κ3) is 3.61. The highest BCUT2D eigenvalue weighted by Gasteiger charge is 2.16. The quantitative estimate of drug-likeness (QED) is 0.297. The molecule has 0 N–H and O–H groups in total. The molecule has 3 heterocycles. The van der Waals surface area contributed by atoms with Gasteiger partial charge in [-0.3, -0.25) is 4.57 Å². The number of para-hydroxylation sites is 3. The van der Waals surface area contributed by atoms with Crippen LogP contribution < -0.4 is 5.76 Å². The molecule has 2 aromatic carbocycles. The summed E-state index contributed by atoms with van der Waals surface area (Å²) in [6, 6.07) is 19.9.